The van der Waals surface area contributed by atoms with Gasteiger partial charge in [0.15, 0.2) is 0 Å². The van der Waals surface area contributed by atoms with Crippen molar-refractivity contribution < 1.29 is 19.1 Å². The van der Waals surface area contributed by atoms with Gasteiger partial charge in [-0.05, 0) is 37.6 Å². The minimum absolute atomic E-state index is 0.101. The lowest BCUT2D eigenvalue weighted by atomic mass is 10.1. The number of benzene rings is 1. The fourth-order valence-corrected chi connectivity index (χ4v) is 3.06. The molecule has 0 bridgehead atoms. The SMILES string of the molecule is COc1ccc(C(=O)N[C@H]2C[C@H]3C(=O)N[C@@H](C)C(=O)N3C2)cc1. The third-order valence-electron chi connectivity index (χ3n) is 4.30. The molecule has 23 heavy (non-hydrogen) atoms. The minimum atomic E-state index is -0.505. The Labute approximate surface area is 134 Å². The third-order valence-corrected chi connectivity index (χ3v) is 4.30. The molecule has 1 aromatic carbocycles. The topological polar surface area (TPSA) is 87.7 Å². The summed E-state index contributed by atoms with van der Waals surface area (Å²) in [4.78, 5) is 37.9. The molecule has 0 aliphatic carbocycles. The molecule has 2 N–H and O–H groups in total. The van der Waals surface area contributed by atoms with E-state index in [0.29, 0.717) is 24.3 Å². The number of carbonyl (C=O) groups excluding carboxylic acids is 3. The Hall–Kier alpha value is -2.57. The van der Waals surface area contributed by atoms with E-state index < -0.39 is 12.1 Å². The van der Waals surface area contributed by atoms with Gasteiger partial charge in [0.05, 0.1) is 7.11 Å². The summed E-state index contributed by atoms with van der Waals surface area (Å²) in [6.07, 6.45) is 0.437. The summed E-state index contributed by atoms with van der Waals surface area (Å²) in [6.45, 7) is 2.03. The Balaban J connectivity index is 1.66. The van der Waals surface area contributed by atoms with Crippen LogP contribution in [0, 0.1) is 0 Å². The summed E-state index contributed by atoms with van der Waals surface area (Å²) in [5.74, 6) is 0.198. The Morgan fingerprint density at radius 3 is 2.65 bits per heavy atom. The molecule has 3 rings (SSSR count). The van der Waals surface area contributed by atoms with Crippen LogP contribution in [0.1, 0.15) is 23.7 Å². The number of hydrogen-bond donors (Lipinski definition) is 2. The fourth-order valence-electron chi connectivity index (χ4n) is 3.06. The zero-order valence-electron chi connectivity index (χ0n) is 13.0. The summed E-state index contributed by atoms with van der Waals surface area (Å²) < 4.78 is 5.06. The van der Waals surface area contributed by atoms with Gasteiger partial charge in [0.25, 0.3) is 5.91 Å². The van der Waals surface area contributed by atoms with Crippen LogP contribution in [0.25, 0.3) is 0 Å². The van der Waals surface area contributed by atoms with Gasteiger partial charge in [-0.2, -0.15) is 0 Å². The molecule has 2 aliphatic rings. The van der Waals surface area contributed by atoms with E-state index in [4.69, 9.17) is 4.74 Å². The van der Waals surface area contributed by atoms with Gasteiger partial charge in [0, 0.05) is 18.2 Å². The summed E-state index contributed by atoms with van der Waals surface area (Å²) in [7, 11) is 1.56. The molecular formula is C16H19N3O4. The predicted octanol–water partition coefficient (Wildman–Crippen LogP) is -0.0872. The molecule has 0 radical (unpaired) electrons. The van der Waals surface area contributed by atoms with Crippen LogP contribution in [-0.2, 0) is 9.59 Å². The van der Waals surface area contributed by atoms with E-state index in [9.17, 15) is 14.4 Å². The number of ether oxygens (including phenoxy) is 1. The molecule has 2 saturated heterocycles. The van der Waals surface area contributed by atoms with Gasteiger partial charge in [0.1, 0.15) is 17.8 Å². The first-order valence-corrected chi connectivity index (χ1v) is 7.55. The summed E-state index contributed by atoms with van der Waals surface area (Å²) >= 11 is 0. The van der Waals surface area contributed by atoms with Crippen LogP contribution in [0.3, 0.4) is 0 Å². The Morgan fingerprint density at radius 1 is 1.30 bits per heavy atom. The van der Waals surface area contributed by atoms with Crippen molar-refractivity contribution in [3.8, 4) is 5.75 Å². The molecule has 0 saturated carbocycles. The number of nitrogens with zero attached hydrogens (tertiary/aromatic N) is 1. The highest BCUT2D eigenvalue weighted by Crippen LogP contribution is 2.23. The molecule has 1 aromatic rings. The molecule has 0 aromatic heterocycles. The van der Waals surface area contributed by atoms with Crippen LogP contribution in [0.5, 0.6) is 5.75 Å². The average Bonchev–Trinajstić information content (AvgIpc) is 2.97. The van der Waals surface area contributed by atoms with E-state index in [1.165, 1.54) is 0 Å². The zero-order valence-corrected chi connectivity index (χ0v) is 13.0. The lowest BCUT2D eigenvalue weighted by Crippen LogP contribution is -2.60. The number of rotatable bonds is 3. The Morgan fingerprint density at radius 2 is 2.00 bits per heavy atom. The minimum Gasteiger partial charge on any atom is -0.497 e. The van der Waals surface area contributed by atoms with E-state index in [1.807, 2.05) is 0 Å². The van der Waals surface area contributed by atoms with Crippen molar-refractivity contribution in [2.45, 2.75) is 31.5 Å². The number of fused-ring (bicyclic) bond motifs is 1. The highest BCUT2D eigenvalue weighted by molar-refractivity contribution is 5.98. The van der Waals surface area contributed by atoms with Gasteiger partial charge in [-0.25, -0.2) is 0 Å². The molecule has 2 heterocycles. The van der Waals surface area contributed by atoms with Crippen molar-refractivity contribution in [3.63, 3.8) is 0 Å². The number of amides is 3. The Kier molecular flexibility index (Phi) is 3.94. The molecule has 2 fully saturated rings. The van der Waals surface area contributed by atoms with Gasteiger partial charge < -0.3 is 20.3 Å². The van der Waals surface area contributed by atoms with Crippen LogP contribution in [0.4, 0.5) is 0 Å². The lowest BCUT2D eigenvalue weighted by Gasteiger charge is -2.32. The molecule has 122 valence electrons. The number of hydrogen-bond acceptors (Lipinski definition) is 4. The molecule has 0 spiro atoms. The van der Waals surface area contributed by atoms with E-state index in [-0.39, 0.29) is 23.8 Å². The van der Waals surface area contributed by atoms with Gasteiger partial charge in [0.2, 0.25) is 11.8 Å². The molecular weight excluding hydrogens is 298 g/mol. The van der Waals surface area contributed by atoms with Crippen LogP contribution in [0.2, 0.25) is 0 Å². The molecule has 7 heteroatoms. The second-order valence-corrected chi connectivity index (χ2v) is 5.87. The molecule has 7 nitrogen and oxygen atoms in total. The summed E-state index contributed by atoms with van der Waals surface area (Å²) in [5.41, 5.74) is 0.514. The zero-order chi connectivity index (χ0) is 16.6. The van der Waals surface area contributed by atoms with E-state index in [2.05, 4.69) is 10.6 Å². The van der Waals surface area contributed by atoms with Gasteiger partial charge in [-0.3, -0.25) is 14.4 Å². The monoisotopic (exact) mass is 317 g/mol. The summed E-state index contributed by atoms with van der Waals surface area (Å²) in [5, 5.41) is 5.55. The first-order valence-electron chi connectivity index (χ1n) is 7.55. The Bertz CT molecular complexity index is 643. The van der Waals surface area contributed by atoms with Crippen molar-refractivity contribution in [1.82, 2.24) is 15.5 Å². The molecule has 2 aliphatic heterocycles. The maximum absolute atomic E-state index is 12.3. The second kappa shape index (κ2) is 5.91. The number of piperazine rings is 1. The highest BCUT2D eigenvalue weighted by atomic mass is 16.5. The average molecular weight is 317 g/mol. The molecule has 0 unspecified atom stereocenters. The van der Waals surface area contributed by atoms with Crippen LogP contribution < -0.4 is 15.4 Å². The fraction of sp³-hybridized carbons (Fsp3) is 0.438. The highest BCUT2D eigenvalue weighted by Gasteiger charge is 2.45. The molecule has 3 amide bonds. The van der Waals surface area contributed by atoms with Gasteiger partial charge in [-0.15, -0.1) is 0 Å². The second-order valence-electron chi connectivity index (χ2n) is 5.87. The van der Waals surface area contributed by atoms with E-state index in [1.54, 1.807) is 43.2 Å². The van der Waals surface area contributed by atoms with Gasteiger partial charge >= 0.3 is 0 Å². The first kappa shape index (κ1) is 15.3. The quantitative estimate of drug-likeness (QED) is 0.816. The number of carbonyl (C=O) groups is 3. The normalized spacial score (nSPS) is 26.5. The van der Waals surface area contributed by atoms with E-state index in [0.717, 1.165) is 0 Å². The first-order chi connectivity index (χ1) is 11.0. The van der Waals surface area contributed by atoms with E-state index >= 15 is 0 Å². The van der Waals surface area contributed by atoms with Crippen molar-refractivity contribution in [3.05, 3.63) is 29.8 Å². The van der Waals surface area contributed by atoms with Crippen molar-refractivity contribution in [2.75, 3.05) is 13.7 Å². The maximum Gasteiger partial charge on any atom is 0.251 e. The smallest absolute Gasteiger partial charge is 0.251 e. The van der Waals surface area contributed by atoms with Crippen molar-refractivity contribution >= 4 is 17.7 Å². The lowest BCUT2D eigenvalue weighted by molar-refractivity contribution is -0.146. The van der Waals surface area contributed by atoms with Crippen molar-refractivity contribution in [1.29, 1.82) is 0 Å². The van der Waals surface area contributed by atoms with Crippen LogP contribution in [0.15, 0.2) is 24.3 Å². The third kappa shape index (κ3) is 2.86. The van der Waals surface area contributed by atoms with Crippen LogP contribution >= 0.6 is 0 Å². The van der Waals surface area contributed by atoms with Crippen molar-refractivity contribution in [2.24, 2.45) is 0 Å². The number of nitrogens with one attached hydrogen (secondary N) is 2. The largest absolute Gasteiger partial charge is 0.497 e. The predicted molar refractivity (Wildman–Crippen MR) is 82.0 cm³/mol. The summed E-state index contributed by atoms with van der Waals surface area (Å²) in [6, 6.07) is 5.56. The standard InChI is InChI=1S/C16H19N3O4/c1-9-16(22)19-8-11(7-13(19)15(21)17-9)18-14(20)10-3-5-12(23-2)6-4-10/h3-6,9,11,13H,7-8H2,1-2H3,(H,17,21)(H,18,20)/t9-,11-,13-/m0/s1. The van der Waals surface area contributed by atoms with Crippen LogP contribution in [-0.4, -0.2) is 54.4 Å². The molecule has 3 atom stereocenters. The van der Waals surface area contributed by atoms with Gasteiger partial charge in [-0.1, -0.05) is 0 Å². The number of methoxy groups -OCH3 is 1. The maximum atomic E-state index is 12.3.